The lowest BCUT2D eigenvalue weighted by Gasteiger charge is -2.48. The number of nitrogens with zero attached hydrogens (tertiary/aromatic N) is 7. The number of hydrogen-bond acceptors (Lipinski definition) is 8. The smallest absolute Gasteiger partial charge is 0.190 e. The fourth-order valence-electron chi connectivity index (χ4n) is 5.51. The number of aryl methyl sites for hydroxylation is 1. The van der Waals surface area contributed by atoms with Crippen molar-refractivity contribution in [3.05, 3.63) is 70.3 Å². The van der Waals surface area contributed by atoms with Crippen molar-refractivity contribution >= 4 is 29.1 Å². The number of fused-ring (bicyclic) bond motifs is 2. The Morgan fingerprint density at radius 3 is 2.89 bits per heavy atom. The second kappa shape index (κ2) is 9.53. The average molecular weight is 524 g/mol. The Balaban J connectivity index is 1.33. The summed E-state index contributed by atoms with van der Waals surface area (Å²) < 4.78 is 17.7. The van der Waals surface area contributed by atoms with Crippen molar-refractivity contribution in [3.8, 4) is 5.69 Å². The number of hydrogen-bond donors (Lipinski definition) is 0. The molecule has 186 valence electrons. The SMILES string of the molecule is CCCn1ncc(SN2CCC3Cc4c(cnn4-c4ccc(F)cc4)CC3(C(=O)c3cscn3)C2)n1. The molecule has 4 aromatic rings. The first-order chi connectivity index (χ1) is 17.6. The minimum atomic E-state index is -0.595. The molecule has 36 heavy (non-hydrogen) atoms. The largest absolute Gasteiger partial charge is 0.292 e. The molecule has 11 heteroatoms. The second-order valence-electron chi connectivity index (χ2n) is 9.46. The van der Waals surface area contributed by atoms with Crippen LogP contribution in [0.4, 0.5) is 4.39 Å². The van der Waals surface area contributed by atoms with Crippen LogP contribution in [0, 0.1) is 17.2 Å². The molecule has 0 bridgehead atoms. The zero-order chi connectivity index (χ0) is 24.7. The lowest BCUT2D eigenvalue weighted by molar-refractivity contribution is 0.0412. The molecule has 6 rings (SSSR count). The molecule has 0 spiro atoms. The van der Waals surface area contributed by atoms with Gasteiger partial charge in [-0.15, -0.1) is 16.4 Å². The fourth-order valence-corrected chi connectivity index (χ4v) is 7.02. The highest BCUT2D eigenvalue weighted by Crippen LogP contribution is 2.49. The summed E-state index contributed by atoms with van der Waals surface area (Å²) >= 11 is 3.03. The van der Waals surface area contributed by atoms with Crippen LogP contribution in [-0.2, 0) is 19.4 Å². The molecule has 2 aliphatic rings. The van der Waals surface area contributed by atoms with Crippen molar-refractivity contribution in [2.45, 2.75) is 44.2 Å². The van der Waals surface area contributed by atoms with Crippen LogP contribution >= 0.6 is 23.3 Å². The van der Waals surface area contributed by atoms with E-state index in [0.29, 0.717) is 18.7 Å². The van der Waals surface area contributed by atoms with Crippen molar-refractivity contribution in [3.63, 3.8) is 0 Å². The van der Waals surface area contributed by atoms with Crippen LogP contribution in [0.25, 0.3) is 5.69 Å². The Labute approximate surface area is 216 Å². The van der Waals surface area contributed by atoms with Crippen LogP contribution in [0.3, 0.4) is 0 Å². The van der Waals surface area contributed by atoms with E-state index in [2.05, 4.69) is 31.5 Å². The van der Waals surface area contributed by atoms with Crippen molar-refractivity contribution < 1.29 is 9.18 Å². The number of thiazole rings is 1. The number of Topliss-reactive ketones (excluding diaryl/α,β-unsaturated/α-hetero) is 1. The van der Waals surface area contributed by atoms with Crippen LogP contribution < -0.4 is 0 Å². The number of halogens is 1. The van der Waals surface area contributed by atoms with Gasteiger partial charge in [-0.2, -0.15) is 15.0 Å². The summed E-state index contributed by atoms with van der Waals surface area (Å²) in [6.45, 7) is 4.35. The van der Waals surface area contributed by atoms with Gasteiger partial charge in [0.1, 0.15) is 11.5 Å². The number of rotatable bonds is 7. The van der Waals surface area contributed by atoms with Gasteiger partial charge in [0.25, 0.3) is 0 Å². The number of carbonyl (C=O) groups excluding carboxylic acids is 1. The van der Waals surface area contributed by atoms with E-state index in [-0.39, 0.29) is 17.5 Å². The van der Waals surface area contributed by atoms with E-state index in [1.165, 1.54) is 23.5 Å². The van der Waals surface area contributed by atoms with Gasteiger partial charge >= 0.3 is 0 Å². The second-order valence-corrected chi connectivity index (χ2v) is 11.3. The van der Waals surface area contributed by atoms with Crippen LogP contribution in [0.2, 0.25) is 0 Å². The standard InChI is InChI=1S/C25H26FN7OS2/c1-2-8-32-28-13-23(30-32)36-31-9-7-18-10-22-17(12-29-33(22)20-5-3-19(26)4-6-20)11-25(18,15-31)24(34)21-14-35-16-27-21/h3-6,12-14,16,18H,2,7-11,15H2,1H3. The summed E-state index contributed by atoms with van der Waals surface area (Å²) in [5.41, 5.74) is 4.68. The van der Waals surface area contributed by atoms with Crippen LogP contribution in [0.15, 0.2) is 52.6 Å². The highest BCUT2D eigenvalue weighted by molar-refractivity contribution is 7.97. The van der Waals surface area contributed by atoms with Crippen LogP contribution in [0.1, 0.15) is 41.5 Å². The first-order valence-corrected chi connectivity index (χ1v) is 13.8. The molecule has 0 saturated carbocycles. The molecule has 1 fully saturated rings. The highest BCUT2D eigenvalue weighted by Gasteiger charge is 2.53. The third kappa shape index (κ3) is 4.18. The zero-order valence-corrected chi connectivity index (χ0v) is 21.5. The van der Waals surface area contributed by atoms with Gasteiger partial charge in [-0.1, -0.05) is 6.92 Å². The first kappa shape index (κ1) is 23.5. The molecule has 2 unspecified atom stereocenters. The third-order valence-electron chi connectivity index (χ3n) is 7.22. The van der Waals surface area contributed by atoms with Gasteiger partial charge in [-0.3, -0.25) is 4.79 Å². The van der Waals surface area contributed by atoms with E-state index in [1.54, 1.807) is 40.6 Å². The summed E-state index contributed by atoms with van der Waals surface area (Å²) in [5.74, 6) is -0.0103. The number of ketones is 1. The van der Waals surface area contributed by atoms with Crippen LogP contribution in [0.5, 0.6) is 0 Å². The van der Waals surface area contributed by atoms with E-state index in [1.807, 2.05) is 16.3 Å². The normalized spacial score (nSPS) is 21.8. The molecule has 3 aromatic heterocycles. The van der Waals surface area contributed by atoms with Crippen molar-refractivity contribution in [1.82, 2.24) is 34.1 Å². The zero-order valence-electron chi connectivity index (χ0n) is 19.9. The van der Waals surface area contributed by atoms with E-state index < -0.39 is 5.41 Å². The maximum absolute atomic E-state index is 14.0. The predicted octanol–water partition coefficient (Wildman–Crippen LogP) is 4.47. The van der Waals surface area contributed by atoms with E-state index in [9.17, 15) is 9.18 Å². The molecule has 0 radical (unpaired) electrons. The molecule has 4 heterocycles. The van der Waals surface area contributed by atoms with Gasteiger partial charge in [0.2, 0.25) is 0 Å². The number of benzene rings is 1. The molecule has 2 atom stereocenters. The Kier molecular flexibility index (Phi) is 6.22. The van der Waals surface area contributed by atoms with E-state index in [0.717, 1.165) is 54.3 Å². The molecule has 0 N–H and O–H groups in total. The average Bonchev–Trinajstić information content (AvgIpc) is 3.65. The maximum Gasteiger partial charge on any atom is 0.190 e. The number of aromatic nitrogens is 6. The minimum absolute atomic E-state index is 0.105. The summed E-state index contributed by atoms with van der Waals surface area (Å²) in [6, 6.07) is 6.40. The summed E-state index contributed by atoms with van der Waals surface area (Å²) in [4.78, 5) is 20.1. The number of carbonyl (C=O) groups is 1. The quantitative estimate of drug-likeness (QED) is 0.261. The third-order valence-corrected chi connectivity index (χ3v) is 8.75. The lowest BCUT2D eigenvalue weighted by atomic mass is 9.60. The molecule has 1 aliphatic carbocycles. The Morgan fingerprint density at radius 1 is 1.25 bits per heavy atom. The van der Waals surface area contributed by atoms with E-state index in [4.69, 9.17) is 0 Å². The molecular weight excluding hydrogens is 497 g/mol. The Morgan fingerprint density at radius 2 is 2.11 bits per heavy atom. The van der Waals surface area contributed by atoms with Gasteiger partial charge in [-0.25, -0.2) is 18.4 Å². The maximum atomic E-state index is 14.0. The van der Waals surface area contributed by atoms with Crippen molar-refractivity contribution in [2.24, 2.45) is 11.3 Å². The molecule has 0 amide bonds. The molecule has 1 saturated heterocycles. The molecule has 1 aromatic carbocycles. The van der Waals surface area contributed by atoms with Gasteiger partial charge in [0, 0.05) is 24.2 Å². The highest BCUT2D eigenvalue weighted by atomic mass is 32.2. The van der Waals surface area contributed by atoms with Crippen LogP contribution in [-0.4, -0.2) is 52.9 Å². The lowest BCUT2D eigenvalue weighted by Crippen LogP contribution is -2.55. The van der Waals surface area contributed by atoms with Crippen molar-refractivity contribution in [2.75, 3.05) is 13.1 Å². The first-order valence-electron chi connectivity index (χ1n) is 12.1. The summed E-state index contributed by atoms with van der Waals surface area (Å²) in [5, 5.41) is 16.3. The fraction of sp³-hybridized carbons (Fsp3) is 0.400. The topological polar surface area (TPSA) is 81.7 Å². The summed E-state index contributed by atoms with van der Waals surface area (Å²) in [6.07, 6.45) is 6.86. The molecular formula is C25H26FN7OS2. The van der Waals surface area contributed by atoms with Gasteiger partial charge in [0.05, 0.1) is 35.6 Å². The van der Waals surface area contributed by atoms with Gasteiger partial charge in [-0.05, 0) is 73.4 Å². The number of piperidine rings is 1. The minimum Gasteiger partial charge on any atom is -0.292 e. The van der Waals surface area contributed by atoms with Gasteiger partial charge in [0.15, 0.2) is 10.8 Å². The summed E-state index contributed by atoms with van der Waals surface area (Å²) in [7, 11) is 0. The van der Waals surface area contributed by atoms with E-state index >= 15 is 0 Å². The monoisotopic (exact) mass is 523 g/mol. The van der Waals surface area contributed by atoms with Crippen molar-refractivity contribution in [1.29, 1.82) is 0 Å². The molecule has 8 nitrogen and oxygen atoms in total. The molecule has 1 aliphatic heterocycles. The Bertz CT molecular complexity index is 1370. The Hall–Kier alpha value is -2.89. The predicted molar refractivity (Wildman–Crippen MR) is 136 cm³/mol. The van der Waals surface area contributed by atoms with Gasteiger partial charge < -0.3 is 0 Å².